The molecule has 2 aliphatic heterocycles. The monoisotopic (exact) mass is 366 g/mol. The number of carbonyl (C=O) groups excluding carboxylic acids is 1. The van der Waals surface area contributed by atoms with Gasteiger partial charge in [-0.25, -0.2) is 4.98 Å². The zero-order valence-corrected chi connectivity index (χ0v) is 15.4. The van der Waals surface area contributed by atoms with E-state index in [-0.39, 0.29) is 5.91 Å². The van der Waals surface area contributed by atoms with Crippen LogP contribution in [0.2, 0.25) is 0 Å². The van der Waals surface area contributed by atoms with Crippen molar-refractivity contribution in [1.29, 1.82) is 0 Å². The minimum absolute atomic E-state index is 0.203. The predicted molar refractivity (Wildman–Crippen MR) is 106 cm³/mol. The molecule has 27 heavy (non-hydrogen) atoms. The van der Waals surface area contributed by atoms with Gasteiger partial charge in [0.15, 0.2) is 0 Å². The summed E-state index contributed by atoms with van der Waals surface area (Å²) in [5, 5.41) is 9.97. The maximum Gasteiger partial charge on any atom is 0.274 e. The van der Waals surface area contributed by atoms with Crippen molar-refractivity contribution in [1.82, 2.24) is 20.6 Å². The highest BCUT2D eigenvalue weighted by molar-refractivity contribution is 6.03. The zero-order valence-electron chi connectivity index (χ0n) is 15.4. The number of amides is 1. The van der Waals surface area contributed by atoms with E-state index in [2.05, 4.69) is 30.8 Å². The maximum atomic E-state index is 12.5. The molecule has 2 atom stereocenters. The molecule has 1 amide bonds. The van der Waals surface area contributed by atoms with Crippen LogP contribution in [-0.2, 0) is 0 Å². The Morgan fingerprint density at radius 1 is 1.22 bits per heavy atom. The second kappa shape index (κ2) is 8.45. The van der Waals surface area contributed by atoms with Crippen molar-refractivity contribution < 1.29 is 4.79 Å². The fourth-order valence-electron chi connectivity index (χ4n) is 3.71. The van der Waals surface area contributed by atoms with Gasteiger partial charge < -0.3 is 20.9 Å². The Hall–Kier alpha value is -2.51. The van der Waals surface area contributed by atoms with Gasteiger partial charge in [-0.1, -0.05) is 6.07 Å². The lowest BCUT2D eigenvalue weighted by atomic mass is 10.1. The van der Waals surface area contributed by atoms with E-state index < -0.39 is 0 Å². The molecule has 2 aromatic rings. The molecule has 0 spiro atoms. The molecule has 2 saturated heterocycles. The minimum atomic E-state index is -0.203. The zero-order chi connectivity index (χ0) is 18.5. The van der Waals surface area contributed by atoms with Gasteiger partial charge in [0.2, 0.25) is 0 Å². The largest absolute Gasteiger partial charge is 0.355 e. The van der Waals surface area contributed by atoms with Gasteiger partial charge in [0.1, 0.15) is 11.5 Å². The fraction of sp³-hybridized carbons (Fsp3) is 0.450. The fourth-order valence-corrected chi connectivity index (χ4v) is 3.71. The van der Waals surface area contributed by atoms with Crippen LogP contribution in [0.1, 0.15) is 23.3 Å². The van der Waals surface area contributed by atoms with Crippen LogP contribution >= 0.6 is 0 Å². The Balaban J connectivity index is 1.34. The quantitative estimate of drug-likeness (QED) is 0.719. The highest BCUT2D eigenvalue weighted by Gasteiger charge is 2.25. The Morgan fingerprint density at radius 3 is 2.93 bits per heavy atom. The number of pyridine rings is 2. The van der Waals surface area contributed by atoms with Crippen molar-refractivity contribution in [3.63, 3.8) is 0 Å². The summed E-state index contributed by atoms with van der Waals surface area (Å²) in [6.45, 7) is 5.24. The summed E-state index contributed by atoms with van der Waals surface area (Å²) in [5.41, 5.74) is 1.15. The van der Waals surface area contributed by atoms with Crippen molar-refractivity contribution in [2.45, 2.75) is 18.9 Å². The summed E-state index contributed by atoms with van der Waals surface area (Å²) in [6, 6.07) is 9.64. The van der Waals surface area contributed by atoms with Gasteiger partial charge >= 0.3 is 0 Å². The van der Waals surface area contributed by atoms with Crippen molar-refractivity contribution in [2.24, 2.45) is 5.92 Å². The number of carbonyl (C=O) groups is 1. The summed E-state index contributed by atoms with van der Waals surface area (Å²) in [5.74, 6) is 1.41. The molecule has 3 N–H and O–H groups in total. The van der Waals surface area contributed by atoms with Gasteiger partial charge in [-0.2, -0.15) is 0 Å². The van der Waals surface area contributed by atoms with Crippen molar-refractivity contribution >= 4 is 17.4 Å². The SMILES string of the molecule is O=C(Nc1ccncc1)c1cccc(N2CCC(NCC3CCNC3)C2)n1. The molecular formula is C20H26N6O. The summed E-state index contributed by atoms with van der Waals surface area (Å²) in [6.07, 6.45) is 5.67. The smallest absolute Gasteiger partial charge is 0.274 e. The molecule has 7 heteroatoms. The molecule has 0 bridgehead atoms. The average Bonchev–Trinajstić information content (AvgIpc) is 3.39. The molecule has 0 radical (unpaired) electrons. The van der Waals surface area contributed by atoms with Gasteiger partial charge in [-0.05, 0) is 62.7 Å². The van der Waals surface area contributed by atoms with Gasteiger partial charge in [0.25, 0.3) is 5.91 Å². The number of aromatic nitrogens is 2. The number of hydrogen-bond donors (Lipinski definition) is 3. The second-order valence-electron chi connectivity index (χ2n) is 7.27. The number of nitrogens with zero attached hydrogens (tertiary/aromatic N) is 3. The van der Waals surface area contributed by atoms with E-state index in [1.54, 1.807) is 30.6 Å². The van der Waals surface area contributed by atoms with Crippen LogP contribution in [0.15, 0.2) is 42.7 Å². The first-order valence-corrected chi connectivity index (χ1v) is 9.65. The van der Waals surface area contributed by atoms with E-state index in [4.69, 9.17) is 0 Å². The Morgan fingerprint density at radius 2 is 2.11 bits per heavy atom. The van der Waals surface area contributed by atoms with E-state index in [9.17, 15) is 4.79 Å². The molecule has 142 valence electrons. The summed E-state index contributed by atoms with van der Waals surface area (Å²) < 4.78 is 0. The number of nitrogens with one attached hydrogen (secondary N) is 3. The van der Waals surface area contributed by atoms with Crippen molar-refractivity contribution in [2.75, 3.05) is 42.9 Å². The van der Waals surface area contributed by atoms with E-state index in [1.807, 2.05) is 12.1 Å². The number of anilines is 2. The van der Waals surface area contributed by atoms with Crippen LogP contribution in [0.3, 0.4) is 0 Å². The van der Waals surface area contributed by atoms with Crippen LogP contribution in [0.25, 0.3) is 0 Å². The highest BCUT2D eigenvalue weighted by atomic mass is 16.1. The third kappa shape index (κ3) is 4.61. The summed E-state index contributed by atoms with van der Waals surface area (Å²) in [7, 11) is 0. The Labute approximate surface area is 159 Å². The van der Waals surface area contributed by atoms with Crippen molar-refractivity contribution in [3.8, 4) is 0 Å². The topological polar surface area (TPSA) is 82.2 Å². The van der Waals surface area contributed by atoms with Crippen LogP contribution in [-0.4, -0.2) is 54.6 Å². The van der Waals surface area contributed by atoms with Crippen LogP contribution in [0.4, 0.5) is 11.5 Å². The Bertz CT molecular complexity index is 762. The van der Waals surface area contributed by atoms with E-state index in [1.165, 1.54) is 6.42 Å². The summed E-state index contributed by atoms with van der Waals surface area (Å²) in [4.78, 5) is 23.3. The summed E-state index contributed by atoms with van der Waals surface area (Å²) >= 11 is 0. The molecule has 0 aromatic carbocycles. The second-order valence-corrected chi connectivity index (χ2v) is 7.27. The predicted octanol–water partition coefficient (Wildman–Crippen LogP) is 1.51. The molecular weight excluding hydrogens is 340 g/mol. The van der Waals surface area contributed by atoms with E-state index >= 15 is 0 Å². The average molecular weight is 366 g/mol. The normalized spacial score (nSPS) is 22.1. The standard InChI is InChI=1S/C20H26N6O/c27-20(24-16-5-9-21-10-6-16)18-2-1-3-19(25-18)26-11-7-17(14-26)23-13-15-4-8-22-12-15/h1-3,5-6,9-10,15,17,22-23H,4,7-8,11-14H2,(H,21,24,27). The van der Waals surface area contributed by atoms with Crippen LogP contribution in [0, 0.1) is 5.92 Å². The van der Waals surface area contributed by atoms with Gasteiger partial charge in [-0.15, -0.1) is 0 Å². The minimum Gasteiger partial charge on any atom is -0.355 e. The van der Waals surface area contributed by atoms with Gasteiger partial charge in [0.05, 0.1) is 0 Å². The Kier molecular flexibility index (Phi) is 5.60. The third-order valence-corrected chi connectivity index (χ3v) is 5.28. The maximum absolute atomic E-state index is 12.5. The van der Waals surface area contributed by atoms with Crippen LogP contribution < -0.4 is 20.9 Å². The first-order valence-electron chi connectivity index (χ1n) is 9.65. The molecule has 0 aliphatic carbocycles. The molecule has 2 unspecified atom stereocenters. The van der Waals surface area contributed by atoms with Crippen molar-refractivity contribution in [3.05, 3.63) is 48.4 Å². The highest BCUT2D eigenvalue weighted by Crippen LogP contribution is 2.19. The molecule has 7 nitrogen and oxygen atoms in total. The molecule has 2 aromatic heterocycles. The third-order valence-electron chi connectivity index (χ3n) is 5.28. The van der Waals surface area contributed by atoms with Gasteiger partial charge in [-0.3, -0.25) is 9.78 Å². The number of hydrogen-bond acceptors (Lipinski definition) is 6. The first kappa shape index (κ1) is 17.9. The van der Waals surface area contributed by atoms with E-state index in [0.29, 0.717) is 17.4 Å². The number of rotatable bonds is 6. The van der Waals surface area contributed by atoms with E-state index in [0.717, 1.165) is 50.9 Å². The molecule has 4 heterocycles. The molecule has 4 rings (SSSR count). The lowest BCUT2D eigenvalue weighted by Gasteiger charge is -2.19. The van der Waals surface area contributed by atoms with Crippen LogP contribution in [0.5, 0.6) is 0 Å². The lowest BCUT2D eigenvalue weighted by molar-refractivity contribution is 0.102. The molecule has 0 saturated carbocycles. The van der Waals surface area contributed by atoms with Gasteiger partial charge in [0, 0.05) is 37.2 Å². The first-order chi connectivity index (χ1) is 13.3. The molecule has 2 fully saturated rings. The molecule has 2 aliphatic rings. The lowest BCUT2D eigenvalue weighted by Crippen LogP contribution is -2.36.